The van der Waals surface area contributed by atoms with E-state index in [4.69, 9.17) is 5.10 Å². The summed E-state index contributed by atoms with van der Waals surface area (Å²) in [5, 5.41) is 37.6. The maximum atomic E-state index is 12.6. The summed E-state index contributed by atoms with van der Waals surface area (Å²) < 4.78 is 1.98. The first-order chi connectivity index (χ1) is 19.1. The molecule has 7 atom stereocenters. The van der Waals surface area contributed by atoms with Crippen molar-refractivity contribution in [2.24, 2.45) is 28.6 Å². The number of aromatic nitrogens is 2. The molecule has 40 heavy (non-hydrogen) atoms. The van der Waals surface area contributed by atoms with Gasteiger partial charge in [-0.1, -0.05) is 51.5 Å². The summed E-state index contributed by atoms with van der Waals surface area (Å²) in [6, 6.07) is 8.55. The molecule has 0 saturated heterocycles. The van der Waals surface area contributed by atoms with Gasteiger partial charge in [-0.15, -0.1) is 6.58 Å². The number of hydrogen-bond donors (Lipinski definition) is 3. The van der Waals surface area contributed by atoms with E-state index < -0.39 is 29.5 Å². The molecule has 1 heterocycles. The number of carbonyl (C=O) groups is 1. The van der Waals surface area contributed by atoms with E-state index in [0.29, 0.717) is 12.8 Å². The second kappa shape index (κ2) is 10.7. The van der Waals surface area contributed by atoms with Crippen LogP contribution >= 0.6 is 0 Å². The van der Waals surface area contributed by atoms with E-state index in [2.05, 4.69) is 63.9 Å². The Morgan fingerprint density at radius 1 is 1.20 bits per heavy atom. The van der Waals surface area contributed by atoms with E-state index in [0.717, 1.165) is 49.9 Å². The van der Waals surface area contributed by atoms with Crippen LogP contribution in [0, 0.1) is 28.6 Å². The Kier molecular flexibility index (Phi) is 7.75. The number of carbonyl (C=O) groups excluding carboxylic acids is 1. The summed E-state index contributed by atoms with van der Waals surface area (Å²) in [5.74, 6) is -0.0319. The van der Waals surface area contributed by atoms with Crippen LogP contribution in [0.4, 0.5) is 0 Å². The molecule has 0 bridgehead atoms. The summed E-state index contributed by atoms with van der Waals surface area (Å²) >= 11 is 0. The second-order valence-corrected chi connectivity index (χ2v) is 13.0. The quantitative estimate of drug-likeness (QED) is 0.433. The van der Waals surface area contributed by atoms with Crippen LogP contribution in [0.25, 0.3) is 11.8 Å². The third kappa shape index (κ3) is 4.34. The van der Waals surface area contributed by atoms with Crippen molar-refractivity contribution in [1.82, 2.24) is 9.78 Å². The van der Waals surface area contributed by atoms with Gasteiger partial charge in [0.1, 0.15) is 12.2 Å². The number of ketones is 1. The Balaban J connectivity index is 0.000000758. The third-order valence-electron chi connectivity index (χ3n) is 11.0. The number of rotatable bonds is 5. The lowest BCUT2D eigenvalue weighted by atomic mass is 9.45. The van der Waals surface area contributed by atoms with E-state index in [1.165, 1.54) is 16.7 Å². The average Bonchev–Trinajstić information content (AvgIpc) is 3.48. The van der Waals surface area contributed by atoms with Gasteiger partial charge < -0.3 is 15.3 Å². The van der Waals surface area contributed by atoms with Crippen molar-refractivity contribution in [3.05, 3.63) is 65.5 Å². The number of Topliss-reactive ketones (excluding diaryl/α,β-unsaturated/α-hetero) is 1. The Hall–Kier alpha value is -2.54. The molecule has 4 aliphatic carbocycles. The number of aryl methyl sites for hydroxylation is 1. The highest BCUT2D eigenvalue weighted by atomic mass is 16.3. The van der Waals surface area contributed by atoms with Crippen LogP contribution in [-0.4, -0.2) is 49.2 Å². The number of aliphatic hydroxyl groups is 3. The standard InChI is InChI=1S/C30H38N2O4.C4H8/c1-4-18-5-8-21(9-6-18)32-16-19-14-28(2)20(13-24(19)31-32)7-10-22-23-11-12-30(36,26(35)17-33)29(23,3)15-25(34)27(22)28;1-3-4-2/h5-6,8-9,13,16,22-23,25,27,33-34,36H,4,7,10-12,14-15,17H2,1-3H3;3H,1,4H2,2H3/t22-,23-,25-,27+,28-,29-,30-;/m0./s1. The maximum absolute atomic E-state index is 12.6. The molecule has 0 radical (unpaired) electrons. The number of benzene rings is 1. The van der Waals surface area contributed by atoms with Crippen LogP contribution in [-0.2, 0) is 17.6 Å². The minimum Gasteiger partial charge on any atom is -0.393 e. The van der Waals surface area contributed by atoms with Gasteiger partial charge in [-0.25, -0.2) is 4.68 Å². The van der Waals surface area contributed by atoms with Crippen molar-refractivity contribution < 1.29 is 20.1 Å². The van der Waals surface area contributed by atoms with Crippen molar-refractivity contribution >= 4 is 11.9 Å². The number of hydrogen-bond acceptors (Lipinski definition) is 5. The van der Waals surface area contributed by atoms with Crippen LogP contribution < -0.4 is 0 Å². The zero-order valence-electron chi connectivity index (χ0n) is 24.6. The Morgan fingerprint density at radius 2 is 1.90 bits per heavy atom. The van der Waals surface area contributed by atoms with Gasteiger partial charge in [0.05, 0.1) is 17.5 Å². The molecule has 0 spiro atoms. The average molecular weight is 547 g/mol. The van der Waals surface area contributed by atoms with Crippen LogP contribution in [0.1, 0.15) is 83.0 Å². The predicted octanol–water partition coefficient (Wildman–Crippen LogP) is 5.46. The monoisotopic (exact) mass is 546 g/mol. The first-order valence-corrected chi connectivity index (χ1v) is 15.1. The topological polar surface area (TPSA) is 95.6 Å². The summed E-state index contributed by atoms with van der Waals surface area (Å²) in [5.41, 5.74) is 3.52. The first-order valence-electron chi connectivity index (χ1n) is 15.1. The van der Waals surface area contributed by atoms with Crippen LogP contribution in [0.3, 0.4) is 0 Å². The normalized spacial score (nSPS) is 35.7. The third-order valence-corrected chi connectivity index (χ3v) is 11.0. The Labute approximate surface area is 238 Å². The molecule has 1 aromatic carbocycles. The summed E-state index contributed by atoms with van der Waals surface area (Å²) in [4.78, 5) is 12.6. The van der Waals surface area contributed by atoms with Gasteiger partial charge in [-0.2, -0.15) is 5.10 Å². The van der Waals surface area contributed by atoms with Crippen LogP contribution in [0.5, 0.6) is 0 Å². The second-order valence-electron chi connectivity index (χ2n) is 13.0. The molecule has 4 aliphatic rings. The van der Waals surface area contributed by atoms with Gasteiger partial charge in [-0.05, 0) is 104 Å². The summed E-state index contributed by atoms with van der Waals surface area (Å²) in [6.45, 7) is 11.3. The fraction of sp³-hybridized carbons (Fsp3) is 0.588. The zero-order valence-corrected chi connectivity index (χ0v) is 24.6. The lowest BCUT2D eigenvalue weighted by Gasteiger charge is -2.60. The highest BCUT2D eigenvalue weighted by molar-refractivity contribution is 5.89. The SMILES string of the molecule is C=CCC.CCc1ccc(-n2cc3c(n2)C=C2CC[C@@H]4[C@H]([C@@H](O)C[C@@]5(C)[C@H]4CC[C@]5(O)C(=O)CO)[C@@]2(C)C3)cc1. The molecule has 3 N–H and O–H groups in total. The molecule has 3 saturated carbocycles. The maximum Gasteiger partial charge on any atom is 0.190 e. The zero-order chi connectivity index (χ0) is 28.9. The Morgan fingerprint density at radius 3 is 2.52 bits per heavy atom. The number of aliphatic hydroxyl groups excluding tert-OH is 2. The molecule has 0 unspecified atom stereocenters. The van der Waals surface area contributed by atoms with Gasteiger partial charge in [0.25, 0.3) is 0 Å². The van der Waals surface area contributed by atoms with E-state index in [1.54, 1.807) is 0 Å². The van der Waals surface area contributed by atoms with E-state index >= 15 is 0 Å². The van der Waals surface area contributed by atoms with Gasteiger partial charge in [0.15, 0.2) is 5.78 Å². The fourth-order valence-electron chi connectivity index (χ4n) is 8.79. The highest BCUT2D eigenvalue weighted by Crippen LogP contribution is 2.67. The molecule has 1 aromatic heterocycles. The Bertz CT molecular complexity index is 1300. The highest BCUT2D eigenvalue weighted by Gasteiger charge is 2.68. The van der Waals surface area contributed by atoms with Gasteiger partial charge >= 0.3 is 0 Å². The van der Waals surface area contributed by atoms with Crippen LogP contribution in [0.2, 0.25) is 0 Å². The molecule has 2 aromatic rings. The molecule has 3 fully saturated rings. The molecule has 0 amide bonds. The van der Waals surface area contributed by atoms with Crippen molar-refractivity contribution in [2.75, 3.05) is 6.61 Å². The number of allylic oxidation sites excluding steroid dienone is 2. The summed E-state index contributed by atoms with van der Waals surface area (Å²) in [6.07, 6.45) is 12.0. The molecular formula is C34H46N2O4. The number of fused-ring (bicyclic) bond motifs is 6. The number of nitrogens with zero attached hydrogens (tertiary/aromatic N) is 2. The van der Waals surface area contributed by atoms with Crippen molar-refractivity contribution in [1.29, 1.82) is 0 Å². The van der Waals surface area contributed by atoms with E-state index in [1.807, 2.05) is 17.7 Å². The molecule has 6 nitrogen and oxygen atoms in total. The minimum absolute atomic E-state index is 0.0718. The molecule has 0 aliphatic heterocycles. The molecule has 216 valence electrons. The van der Waals surface area contributed by atoms with Crippen molar-refractivity contribution in [3.63, 3.8) is 0 Å². The fourth-order valence-corrected chi connectivity index (χ4v) is 8.79. The minimum atomic E-state index is -1.55. The van der Waals surface area contributed by atoms with Crippen molar-refractivity contribution in [2.45, 2.75) is 90.8 Å². The molecule has 6 rings (SSSR count). The largest absolute Gasteiger partial charge is 0.393 e. The van der Waals surface area contributed by atoms with E-state index in [9.17, 15) is 20.1 Å². The van der Waals surface area contributed by atoms with Crippen molar-refractivity contribution in [3.8, 4) is 5.69 Å². The van der Waals surface area contributed by atoms with E-state index in [-0.39, 0.29) is 23.2 Å². The summed E-state index contributed by atoms with van der Waals surface area (Å²) in [7, 11) is 0. The smallest absolute Gasteiger partial charge is 0.190 e. The lowest BCUT2D eigenvalue weighted by molar-refractivity contribution is -0.181. The molecular weight excluding hydrogens is 500 g/mol. The van der Waals surface area contributed by atoms with Gasteiger partial charge in [0, 0.05) is 11.6 Å². The first kappa shape index (κ1) is 29.0. The van der Waals surface area contributed by atoms with Crippen LogP contribution in [0.15, 0.2) is 48.7 Å². The molecule has 6 heteroatoms. The predicted molar refractivity (Wildman–Crippen MR) is 158 cm³/mol. The van der Waals surface area contributed by atoms with Gasteiger partial charge in [0.2, 0.25) is 0 Å². The van der Waals surface area contributed by atoms with Gasteiger partial charge in [-0.3, -0.25) is 4.79 Å². The lowest BCUT2D eigenvalue weighted by Crippen LogP contribution is -2.62.